The first-order valence-corrected chi connectivity index (χ1v) is 12.0. The highest BCUT2D eigenvalue weighted by atomic mass is 32.1. The van der Waals surface area contributed by atoms with E-state index in [1.54, 1.807) is 12.1 Å². The molecule has 1 aromatic rings. The fourth-order valence-corrected chi connectivity index (χ4v) is 3.95. The third kappa shape index (κ3) is 8.53. The van der Waals surface area contributed by atoms with Crippen LogP contribution >= 0.6 is 12.6 Å². The lowest BCUT2D eigenvalue weighted by Gasteiger charge is -2.25. The summed E-state index contributed by atoms with van der Waals surface area (Å²) in [6, 6.07) is 2.51. The number of benzene rings is 1. The zero-order valence-corrected chi connectivity index (χ0v) is 20.3. The van der Waals surface area contributed by atoms with Gasteiger partial charge in [-0.3, -0.25) is 14.4 Å². The molecule has 4 atom stereocenters. The molecule has 1 aliphatic heterocycles. The summed E-state index contributed by atoms with van der Waals surface area (Å²) in [6.45, 7) is 4.49. The number of carboxylic acid groups (broad SMARTS) is 1. The van der Waals surface area contributed by atoms with Crippen LogP contribution in [0.25, 0.3) is 0 Å². The number of hydrogen-bond donors (Lipinski definition) is 7. The van der Waals surface area contributed by atoms with Crippen molar-refractivity contribution in [2.45, 2.75) is 63.7 Å². The lowest BCUT2D eigenvalue weighted by Crippen LogP contribution is -2.58. The maximum atomic E-state index is 13.0. The average molecular weight is 495 g/mol. The van der Waals surface area contributed by atoms with Crippen LogP contribution in [0, 0.1) is 5.92 Å². The number of phenolic OH excluding ortho intramolecular Hbond substituents is 1. The van der Waals surface area contributed by atoms with Crippen molar-refractivity contribution in [3.63, 3.8) is 0 Å². The van der Waals surface area contributed by atoms with Gasteiger partial charge in [-0.25, -0.2) is 4.79 Å². The van der Waals surface area contributed by atoms with Gasteiger partial charge in [0.1, 0.15) is 23.9 Å². The van der Waals surface area contributed by atoms with Gasteiger partial charge in [-0.05, 0) is 49.4 Å². The van der Waals surface area contributed by atoms with Gasteiger partial charge in [0, 0.05) is 12.2 Å². The molecule has 10 nitrogen and oxygen atoms in total. The summed E-state index contributed by atoms with van der Waals surface area (Å²) in [7, 11) is 0. The standard InChI is InChI=1S/C23H34N4O6S/c1-13(2)10-17(25-22(31)19(12-34)27-20(29)16-4-3-9-24-16)21(30)26-18(23(32)33)11-14-5-7-15(28)8-6-14/h5-8,13,16-19,24,28,34H,3-4,9-12H2,1-2H3,(H,25,31)(H,26,30)(H,27,29)(H,32,33). The summed E-state index contributed by atoms with van der Waals surface area (Å²) in [5, 5.41) is 29.9. The van der Waals surface area contributed by atoms with Gasteiger partial charge in [-0.15, -0.1) is 0 Å². The molecule has 0 radical (unpaired) electrons. The van der Waals surface area contributed by atoms with E-state index >= 15 is 0 Å². The number of carbonyl (C=O) groups excluding carboxylic acids is 3. The fraction of sp³-hybridized carbons (Fsp3) is 0.565. The van der Waals surface area contributed by atoms with Gasteiger partial charge < -0.3 is 31.5 Å². The highest BCUT2D eigenvalue weighted by Crippen LogP contribution is 2.12. The van der Waals surface area contributed by atoms with Gasteiger partial charge in [0.25, 0.3) is 0 Å². The molecule has 188 valence electrons. The molecule has 0 saturated carbocycles. The van der Waals surface area contributed by atoms with E-state index in [4.69, 9.17) is 0 Å². The molecule has 1 heterocycles. The highest BCUT2D eigenvalue weighted by molar-refractivity contribution is 7.80. The van der Waals surface area contributed by atoms with Crippen LogP contribution in [0.5, 0.6) is 5.75 Å². The molecule has 6 N–H and O–H groups in total. The topological polar surface area (TPSA) is 157 Å². The van der Waals surface area contributed by atoms with Crippen molar-refractivity contribution in [3.05, 3.63) is 29.8 Å². The molecule has 0 aliphatic carbocycles. The molecule has 4 unspecified atom stereocenters. The molecular weight excluding hydrogens is 460 g/mol. The Hall–Kier alpha value is -2.79. The van der Waals surface area contributed by atoms with E-state index in [1.165, 1.54) is 12.1 Å². The third-order valence-corrected chi connectivity index (χ3v) is 5.89. The number of carboxylic acids is 1. The number of amides is 3. The van der Waals surface area contributed by atoms with Gasteiger partial charge in [0.15, 0.2) is 0 Å². The van der Waals surface area contributed by atoms with Crippen molar-refractivity contribution in [2.24, 2.45) is 5.92 Å². The highest BCUT2D eigenvalue weighted by Gasteiger charge is 2.31. The van der Waals surface area contributed by atoms with Crippen LogP contribution in [0.15, 0.2) is 24.3 Å². The van der Waals surface area contributed by atoms with Gasteiger partial charge in [-0.2, -0.15) is 12.6 Å². The molecule has 0 aromatic heterocycles. The quantitative estimate of drug-likeness (QED) is 0.205. The summed E-state index contributed by atoms with van der Waals surface area (Å²) in [4.78, 5) is 50.0. The molecule has 3 amide bonds. The number of phenols is 1. The van der Waals surface area contributed by atoms with Crippen molar-refractivity contribution < 1.29 is 29.4 Å². The number of aliphatic carboxylic acids is 1. The Morgan fingerprint density at radius 2 is 1.65 bits per heavy atom. The maximum Gasteiger partial charge on any atom is 0.326 e. The normalized spacial score (nSPS) is 18.1. The van der Waals surface area contributed by atoms with Crippen LogP contribution in [0.2, 0.25) is 0 Å². The van der Waals surface area contributed by atoms with Crippen LogP contribution in [0.4, 0.5) is 0 Å². The first-order chi connectivity index (χ1) is 16.1. The van der Waals surface area contributed by atoms with Gasteiger partial charge >= 0.3 is 5.97 Å². The minimum atomic E-state index is -1.22. The first-order valence-electron chi connectivity index (χ1n) is 11.4. The van der Waals surface area contributed by atoms with Gasteiger partial charge in [0.2, 0.25) is 17.7 Å². The number of aromatic hydroxyl groups is 1. The summed E-state index contributed by atoms with van der Waals surface area (Å²) in [5.41, 5.74) is 0.619. The number of carbonyl (C=O) groups is 4. The van der Waals surface area contributed by atoms with Crippen LogP contribution in [-0.4, -0.2) is 70.4 Å². The SMILES string of the molecule is CC(C)CC(NC(=O)C(CS)NC(=O)C1CCCN1)C(=O)NC(Cc1ccc(O)cc1)C(=O)O. The Labute approximate surface area is 204 Å². The Balaban J connectivity index is 2.05. The zero-order chi connectivity index (χ0) is 25.3. The van der Waals surface area contributed by atoms with E-state index < -0.39 is 35.9 Å². The van der Waals surface area contributed by atoms with E-state index in [0.717, 1.165) is 13.0 Å². The Morgan fingerprint density at radius 3 is 2.18 bits per heavy atom. The second-order valence-corrected chi connectivity index (χ2v) is 9.22. The molecule has 2 rings (SSSR count). The van der Waals surface area contributed by atoms with E-state index in [0.29, 0.717) is 12.0 Å². The number of hydrogen-bond acceptors (Lipinski definition) is 7. The smallest absolute Gasteiger partial charge is 0.326 e. The van der Waals surface area contributed by atoms with E-state index in [9.17, 15) is 29.4 Å². The van der Waals surface area contributed by atoms with Crippen LogP contribution < -0.4 is 21.3 Å². The summed E-state index contributed by atoms with van der Waals surface area (Å²) in [5.74, 6) is -2.59. The number of thiol groups is 1. The molecule has 1 fully saturated rings. The molecule has 1 aliphatic rings. The Bertz CT molecular complexity index is 858. The monoisotopic (exact) mass is 494 g/mol. The minimum Gasteiger partial charge on any atom is -0.508 e. The molecule has 0 spiro atoms. The summed E-state index contributed by atoms with van der Waals surface area (Å²) < 4.78 is 0. The van der Waals surface area contributed by atoms with Gasteiger partial charge in [0.05, 0.1) is 6.04 Å². The first kappa shape index (κ1) is 27.5. The lowest BCUT2D eigenvalue weighted by atomic mass is 10.0. The van der Waals surface area contributed by atoms with E-state index in [2.05, 4.69) is 33.9 Å². The van der Waals surface area contributed by atoms with Crippen molar-refractivity contribution in [1.82, 2.24) is 21.3 Å². The van der Waals surface area contributed by atoms with Crippen molar-refractivity contribution in [3.8, 4) is 5.75 Å². The Kier molecular flexibility index (Phi) is 10.6. The van der Waals surface area contributed by atoms with Crippen LogP contribution in [-0.2, 0) is 25.6 Å². The molecule has 34 heavy (non-hydrogen) atoms. The van der Waals surface area contributed by atoms with E-state index in [-0.39, 0.29) is 42.2 Å². The third-order valence-electron chi connectivity index (χ3n) is 5.52. The van der Waals surface area contributed by atoms with Crippen LogP contribution in [0.1, 0.15) is 38.7 Å². The van der Waals surface area contributed by atoms with Crippen molar-refractivity contribution in [2.75, 3.05) is 12.3 Å². The van der Waals surface area contributed by atoms with Crippen molar-refractivity contribution in [1.29, 1.82) is 0 Å². The minimum absolute atomic E-state index is 0.00735. The summed E-state index contributed by atoms with van der Waals surface area (Å²) >= 11 is 4.17. The maximum absolute atomic E-state index is 13.0. The lowest BCUT2D eigenvalue weighted by molar-refractivity contribution is -0.142. The predicted molar refractivity (Wildman–Crippen MR) is 130 cm³/mol. The van der Waals surface area contributed by atoms with Gasteiger partial charge in [-0.1, -0.05) is 26.0 Å². The zero-order valence-electron chi connectivity index (χ0n) is 19.4. The molecule has 11 heteroatoms. The fourth-order valence-electron chi connectivity index (χ4n) is 3.69. The molecule has 1 aromatic carbocycles. The van der Waals surface area contributed by atoms with Crippen molar-refractivity contribution >= 4 is 36.3 Å². The molecular formula is C23H34N4O6S. The number of rotatable bonds is 12. The summed E-state index contributed by atoms with van der Waals surface area (Å²) in [6.07, 6.45) is 1.85. The Morgan fingerprint density at radius 1 is 1.03 bits per heavy atom. The largest absolute Gasteiger partial charge is 0.508 e. The predicted octanol–water partition coefficient (Wildman–Crippen LogP) is 0.202. The van der Waals surface area contributed by atoms with Crippen LogP contribution in [0.3, 0.4) is 0 Å². The average Bonchev–Trinajstić information content (AvgIpc) is 3.32. The molecule has 1 saturated heterocycles. The molecule has 0 bridgehead atoms. The second-order valence-electron chi connectivity index (χ2n) is 8.85. The number of nitrogens with one attached hydrogen (secondary N) is 4. The second kappa shape index (κ2) is 13.2. The van der Waals surface area contributed by atoms with E-state index in [1.807, 2.05) is 13.8 Å².